The second kappa shape index (κ2) is 7.15. The van der Waals surface area contributed by atoms with Gasteiger partial charge in [0.15, 0.2) is 0 Å². The Hall–Kier alpha value is -1.24. The molecule has 0 saturated carbocycles. The third-order valence-electron chi connectivity index (χ3n) is 3.85. The van der Waals surface area contributed by atoms with Gasteiger partial charge in [-0.2, -0.15) is 0 Å². The molecule has 5 nitrogen and oxygen atoms in total. The van der Waals surface area contributed by atoms with Crippen molar-refractivity contribution >= 4 is 11.3 Å². The molecule has 0 saturated heterocycles. The highest BCUT2D eigenvalue weighted by Gasteiger charge is 2.16. The summed E-state index contributed by atoms with van der Waals surface area (Å²) in [6, 6.07) is 2.26. The molecule has 3 heterocycles. The molecule has 2 aromatic heterocycles. The summed E-state index contributed by atoms with van der Waals surface area (Å²) in [6.07, 6.45) is 4.40. The van der Waals surface area contributed by atoms with Crippen molar-refractivity contribution in [2.45, 2.75) is 39.4 Å². The minimum absolute atomic E-state index is 0.815. The Balaban J connectivity index is 1.45. The van der Waals surface area contributed by atoms with Crippen molar-refractivity contribution in [3.8, 4) is 0 Å². The van der Waals surface area contributed by atoms with E-state index in [0.29, 0.717) is 0 Å². The van der Waals surface area contributed by atoms with Gasteiger partial charge in [-0.25, -0.2) is 0 Å². The van der Waals surface area contributed by atoms with Gasteiger partial charge in [0.1, 0.15) is 0 Å². The Bertz CT molecular complexity index is 562. The standard InChI is InChI=1S/C15H23N5S/c1-2-5-16-10-14-12-20(18-17-14)8-7-19-6-3-15-13(11-19)4-9-21-15/h4,9,12,16H,2-3,5-8,10-11H2,1H3. The minimum Gasteiger partial charge on any atom is -0.311 e. The molecule has 2 aromatic rings. The van der Waals surface area contributed by atoms with E-state index >= 15 is 0 Å². The molecule has 0 aliphatic carbocycles. The first kappa shape index (κ1) is 14.7. The fourth-order valence-electron chi connectivity index (χ4n) is 2.66. The summed E-state index contributed by atoms with van der Waals surface area (Å²) in [5.41, 5.74) is 2.54. The molecule has 114 valence electrons. The average Bonchev–Trinajstić information content (AvgIpc) is 3.13. The third-order valence-corrected chi connectivity index (χ3v) is 4.87. The third kappa shape index (κ3) is 3.90. The van der Waals surface area contributed by atoms with Crippen LogP contribution in [-0.2, 0) is 26.1 Å². The van der Waals surface area contributed by atoms with Crippen LogP contribution in [0.15, 0.2) is 17.6 Å². The number of rotatable bonds is 7. The SMILES string of the molecule is CCCNCc1cn(CCN2CCc3sccc3C2)nn1. The molecule has 0 bridgehead atoms. The van der Waals surface area contributed by atoms with Gasteiger partial charge in [0.05, 0.1) is 12.2 Å². The maximum absolute atomic E-state index is 4.22. The Morgan fingerprint density at radius 2 is 2.33 bits per heavy atom. The van der Waals surface area contributed by atoms with E-state index in [4.69, 9.17) is 0 Å². The zero-order valence-corrected chi connectivity index (χ0v) is 13.4. The zero-order chi connectivity index (χ0) is 14.5. The first-order chi connectivity index (χ1) is 10.3. The van der Waals surface area contributed by atoms with Gasteiger partial charge in [0, 0.05) is 37.3 Å². The Morgan fingerprint density at radius 1 is 1.38 bits per heavy atom. The molecule has 0 fully saturated rings. The fraction of sp³-hybridized carbons (Fsp3) is 0.600. The van der Waals surface area contributed by atoms with Crippen LogP contribution in [-0.4, -0.2) is 39.5 Å². The molecule has 21 heavy (non-hydrogen) atoms. The van der Waals surface area contributed by atoms with E-state index in [2.05, 4.69) is 45.1 Å². The lowest BCUT2D eigenvalue weighted by molar-refractivity contribution is 0.241. The number of fused-ring (bicyclic) bond motifs is 1. The van der Waals surface area contributed by atoms with Gasteiger partial charge in [-0.15, -0.1) is 16.4 Å². The maximum Gasteiger partial charge on any atom is 0.0964 e. The van der Waals surface area contributed by atoms with Crippen molar-refractivity contribution < 1.29 is 0 Å². The fourth-order valence-corrected chi connectivity index (χ4v) is 3.55. The number of nitrogens with one attached hydrogen (secondary N) is 1. The van der Waals surface area contributed by atoms with E-state index in [9.17, 15) is 0 Å². The normalized spacial score (nSPS) is 15.3. The highest BCUT2D eigenvalue weighted by atomic mass is 32.1. The van der Waals surface area contributed by atoms with Crippen LogP contribution in [0.2, 0.25) is 0 Å². The number of thiophene rings is 1. The van der Waals surface area contributed by atoms with Crippen LogP contribution in [0, 0.1) is 0 Å². The topological polar surface area (TPSA) is 46.0 Å². The Morgan fingerprint density at radius 3 is 3.24 bits per heavy atom. The lowest BCUT2D eigenvalue weighted by Gasteiger charge is -2.26. The van der Waals surface area contributed by atoms with Crippen LogP contribution in [0.4, 0.5) is 0 Å². The summed E-state index contributed by atoms with van der Waals surface area (Å²) in [5, 5.41) is 14.0. The van der Waals surface area contributed by atoms with Crippen molar-refractivity contribution in [3.63, 3.8) is 0 Å². The van der Waals surface area contributed by atoms with Crippen molar-refractivity contribution in [1.82, 2.24) is 25.2 Å². The van der Waals surface area contributed by atoms with E-state index < -0.39 is 0 Å². The van der Waals surface area contributed by atoms with Crippen LogP contribution in [0.25, 0.3) is 0 Å². The van der Waals surface area contributed by atoms with E-state index in [0.717, 1.165) is 51.4 Å². The summed E-state index contributed by atoms with van der Waals surface area (Å²) in [4.78, 5) is 4.07. The molecule has 6 heteroatoms. The Labute approximate surface area is 130 Å². The van der Waals surface area contributed by atoms with Gasteiger partial charge >= 0.3 is 0 Å². The van der Waals surface area contributed by atoms with Crippen LogP contribution in [0.5, 0.6) is 0 Å². The van der Waals surface area contributed by atoms with Gasteiger partial charge in [0.2, 0.25) is 0 Å². The van der Waals surface area contributed by atoms with Crippen molar-refractivity contribution in [3.05, 3.63) is 33.8 Å². The quantitative estimate of drug-likeness (QED) is 0.794. The van der Waals surface area contributed by atoms with Crippen molar-refractivity contribution in [2.75, 3.05) is 19.6 Å². The van der Waals surface area contributed by atoms with Crippen LogP contribution in [0.3, 0.4) is 0 Å². The lowest BCUT2D eigenvalue weighted by atomic mass is 10.1. The molecule has 1 aliphatic heterocycles. The summed E-state index contributed by atoms with van der Waals surface area (Å²) >= 11 is 1.89. The molecule has 0 aromatic carbocycles. The van der Waals surface area contributed by atoms with Crippen LogP contribution >= 0.6 is 11.3 Å². The number of hydrogen-bond acceptors (Lipinski definition) is 5. The van der Waals surface area contributed by atoms with E-state index in [1.807, 2.05) is 16.0 Å². The Kier molecular flexibility index (Phi) is 5.00. The molecule has 0 amide bonds. The van der Waals surface area contributed by atoms with Crippen molar-refractivity contribution in [2.24, 2.45) is 0 Å². The predicted octanol–water partition coefficient (Wildman–Crippen LogP) is 1.90. The number of aromatic nitrogens is 3. The summed E-state index contributed by atoms with van der Waals surface area (Å²) in [5.74, 6) is 0. The van der Waals surface area contributed by atoms with Crippen LogP contribution in [0.1, 0.15) is 29.5 Å². The minimum atomic E-state index is 0.815. The lowest BCUT2D eigenvalue weighted by Crippen LogP contribution is -2.32. The molecule has 3 rings (SSSR count). The molecule has 1 aliphatic rings. The maximum atomic E-state index is 4.22. The van der Waals surface area contributed by atoms with Gasteiger partial charge in [-0.1, -0.05) is 12.1 Å². The summed E-state index contributed by atoms with van der Waals surface area (Å²) in [6.45, 7) is 8.22. The second-order valence-corrected chi connectivity index (χ2v) is 6.55. The van der Waals surface area contributed by atoms with E-state index in [-0.39, 0.29) is 0 Å². The summed E-state index contributed by atoms with van der Waals surface area (Å²) < 4.78 is 1.96. The number of nitrogens with zero attached hydrogens (tertiary/aromatic N) is 4. The van der Waals surface area contributed by atoms with Gasteiger partial charge in [-0.05, 0) is 36.4 Å². The molecule has 1 N–H and O–H groups in total. The van der Waals surface area contributed by atoms with Crippen molar-refractivity contribution in [1.29, 1.82) is 0 Å². The summed E-state index contributed by atoms with van der Waals surface area (Å²) in [7, 11) is 0. The average molecular weight is 305 g/mol. The molecule has 0 atom stereocenters. The zero-order valence-electron chi connectivity index (χ0n) is 12.6. The van der Waals surface area contributed by atoms with Gasteiger partial charge < -0.3 is 5.32 Å². The highest BCUT2D eigenvalue weighted by Crippen LogP contribution is 2.23. The monoisotopic (exact) mass is 305 g/mol. The number of hydrogen-bond donors (Lipinski definition) is 1. The second-order valence-electron chi connectivity index (χ2n) is 5.54. The van der Waals surface area contributed by atoms with Gasteiger partial charge in [0.25, 0.3) is 0 Å². The smallest absolute Gasteiger partial charge is 0.0964 e. The molecule has 0 unspecified atom stereocenters. The molecule has 0 radical (unpaired) electrons. The molecular weight excluding hydrogens is 282 g/mol. The van der Waals surface area contributed by atoms with Gasteiger partial charge in [-0.3, -0.25) is 9.58 Å². The molecular formula is C15H23N5S. The largest absolute Gasteiger partial charge is 0.311 e. The molecule has 0 spiro atoms. The van der Waals surface area contributed by atoms with E-state index in [1.54, 1.807) is 4.88 Å². The first-order valence-corrected chi connectivity index (χ1v) is 8.60. The van der Waals surface area contributed by atoms with Crippen LogP contribution < -0.4 is 5.32 Å². The predicted molar refractivity (Wildman–Crippen MR) is 85.3 cm³/mol. The first-order valence-electron chi connectivity index (χ1n) is 7.72. The highest BCUT2D eigenvalue weighted by molar-refractivity contribution is 7.10. The van der Waals surface area contributed by atoms with E-state index in [1.165, 1.54) is 12.0 Å².